The zero-order chi connectivity index (χ0) is 30.3. The average molecular weight is 594 g/mol. The summed E-state index contributed by atoms with van der Waals surface area (Å²) in [7, 11) is 0.975. The van der Waals surface area contributed by atoms with Crippen LogP contribution in [0.2, 0.25) is 0 Å². The fraction of sp³-hybridized carbons (Fsp3) is 0.750. The molecule has 0 aliphatic rings. The summed E-state index contributed by atoms with van der Waals surface area (Å²) in [6.45, 7) is -3.41. The second-order valence-corrected chi connectivity index (χ2v) is 6.50. The third-order valence-corrected chi connectivity index (χ3v) is 3.74. The Morgan fingerprint density at radius 2 is 0.868 bits per heavy atom. The maximum Gasteiger partial charge on any atom is 0.490 e. The van der Waals surface area contributed by atoms with Crippen molar-refractivity contribution < 1.29 is 100 Å². The molecule has 0 heterocycles. The molecule has 0 aromatic carbocycles. The molecular formula is C16H14F12O10. The van der Waals surface area contributed by atoms with E-state index in [1.54, 1.807) is 0 Å². The van der Waals surface area contributed by atoms with E-state index in [1.807, 2.05) is 0 Å². The van der Waals surface area contributed by atoms with E-state index in [2.05, 4.69) is 28.4 Å². The molecule has 4 atom stereocenters. The predicted octanol–water partition coefficient (Wildman–Crippen LogP) is 2.18. The van der Waals surface area contributed by atoms with Gasteiger partial charge in [0.15, 0.2) is 18.3 Å². The highest BCUT2D eigenvalue weighted by molar-refractivity contribution is 5.78. The first-order valence-electron chi connectivity index (χ1n) is 9.05. The molecule has 0 amide bonds. The Morgan fingerprint density at radius 3 is 1.18 bits per heavy atom. The highest BCUT2D eigenvalue weighted by Gasteiger charge is 2.53. The third-order valence-electron chi connectivity index (χ3n) is 3.74. The SMILES string of the molecule is COC[C@H](OC(=O)C(F)(F)F)[C@@H](OC(=O)C(F)(F)F)[C@H](OC(=O)C(F)(F)F)[C@@H](COC(=O)C(F)(F)F)OC. The fourth-order valence-corrected chi connectivity index (χ4v) is 2.19. The van der Waals surface area contributed by atoms with Crippen molar-refractivity contribution in [1.82, 2.24) is 0 Å². The molecule has 38 heavy (non-hydrogen) atoms. The number of rotatable bonds is 11. The molecule has 0 aliphatic carbocycles. The molecule has 0 saturated carbocycles. The second kappa shape index (κ2) is 13.2. The van der Waals surface area contributed by atoms with Crippen LogP contribution in [-0.2, 0) is 47.6 Å². The Balaban J connectivity index is 6.78. The lowest BCUT2D eigenvalue weighted by molar-refractivity contribution is -0.247. The summed E-state index contributed by atoms with van der Waals surface area (Å²) in [5, 5.41) is 0. The molecule has 0 fully saturated rings. The van der Waals surface area contributed by atoms with Crippen molar-refractivity contribution in [3.63, 3.8) is 0 Å². The highest BCUT2D eigenvalue weighted by Crippen LogP contribution is 2.28. The summed E-state index contributed by atoms with van der Waals surface area (Å²) in [6, 6.07) is 0. The van der Waals surface area contributed by atoms with Gasteiger partial charge in [-0.15, -0.1) is 0 Å². The lowest BCUT2D eigenvalue weighted by atomic mass is 10.0. The van der Waals surface area contributed by atoms with Gasteiger partial charge in [-0.1, -0.05) is 0 Å². The molecule has 0 unspecified atom stereocenters. The van der Waals surface area contributed by atoms with Crippen LogP contribution in [0.25, 0.3) is 0 Å². The van der Waals surface area contributed by atoms with Gasteiger partial charge >= 0.3 is 48.6 Å². The topological polar surface area (TPSA) is 124 Å². The number of alkyl halides is 12. The quantitative estimate of drug-likeness (QED) is 0.200. The van der Waals surface area contributed by atoms with Gasteiger partial charge in [-0.25, -0.2) is 19.2 Å². The standard InChI is InChI=1S/C16H14F12O10/c1-33-3-6(36-10(30)14(20,21)22)8(38-12(32)16(26,27)28)7(37-11(31)15(23,24)25)5(34-2)4-35-9(29)13(17,18)19/h5-8H,3-4H2,1-2H3/t5-,6+,7-,8-/m1/s1. The Morgan fingerprint density at radius 1 is 0.526 bits per heavy atom. The largest absolute Gasteiger partial charge is 0.490 e. The van der Waals surface area contributed by atoms with Crippen LogP contribution in [0.3, 0.4) is 0 Å². The minimum absolute atomic E-state index is 0.385. The van der Waals surface area contributed by atoms with Crippen LogP contribution in [0.1, 0.15) is 0 Å². The minimum Gasteiger partial charge on any atom is -0.456 e. The van der Waals surface area contributed by atoms with E-state index in [4.69, 9.17) is 0 Å². The number of methoxy groups -OCH3 is 2. The van der Waals surface area contributed by atoms with Crippen molar-refractivity contribution in [3.8, 4) is 0 Å². The van der Waals surface area contributed by atoms with Crippen molar-refractivity contribution in [2.75, 3.05) is 27.4 Å². The van der Waals surface area contributed by atoms with E-state index in [1.165, 1.54) is 0 Å². The number of carbonyl (C=O) groups excluding carboxylic acids is 4. The van der Waals surface area contributed by atoms with Gasteiger partial charge in [-0.05, 0) is 0 Å². The summed E-state index contributed by atoms with van der Waals surface area (Å²) in [5.41, 5.74) is 0. The van der Waals surface area contributed by atoms with Gasteiger partial charge in [0.2, 0.25) is 0 Å². The predicted molar refractivity (Wildman–Crippen MR) is 87.5 cm³/mol. The van der Waals surface area contributed by atoms with E-state index in [0.717, 1.165) is 0 Å². The molecule has 10 nitrogen and oxygen atoms in total. The van der Waals surface area contributed by atoms with E-state index in [0.29, 0.717) is 14.2 Å². The molecule has 22 heteroatoms. The van der Waals surface area contributed by atoms with Crippen LogP contribution in [0.5, 0.6) is 0 Å². The van der Waals surface area contributed by atoms with Crippen LogP contribution < -0.4 is 0 Å². The zero-order valence-corrected chi connectivity index (χ0v) is 18.3. The van der Waals surface area contributed by atoms with Crippen LogP contribution in [0.4, 0.5) is 52.7 Å². The highest BCUT2D eigenvalue weighted by atomic mass is 19.4. The van der Waals surface area contributed by atoms with Gasteiger partial charge in [-0.2, -0.15) is 52.7 Å². The maximum absolute atomic E-state index is 12.8. The molecule has 0 aliphatic heterocycles. The Kier molecular flexibility index (Phi) is 12.1. The van der Waals surface area contributed by atoms with Crippen molar-refractivity contribution in [1.29, 1.82) is 0 Å². The number of esters is 4. The normalized spacial score (nSPS) is 16.1. The first-order valence-corrected chi connectivity index (χ1v) is 9.05. The van der Waals surface area contributed by atoms with E-state index in [-0.39, 0.29) is 0 Å². The van der Waals surface area contributed by atoms with Gasteiger partial charge < -0.3 is 28.4 Å². The van der Waals surface area contributed by atoms with Crippen molar-refractivity contribution in [2.24, 2.45) is 0 Å². The first kappa shape index (κ1) is 35.0. The fourth-order valence-electron chi connectivity index (χ4n) is 2.19. The molecular weight excluding hydrogens is 580 g/mol. The maximum atomic E-state index is 12.8. The minimum atomic E-state index is -6.03. The number of carbonyl (C=O) groups is 4. The van der Waals surface area contributed by atoms with Crippen molar-refractivity contribution >= 4 is 23.9 Å². The molecule has 222 valence electrons. The van der Waals surface area contributed by atoms with Gasteiger partial charge in [0.25, 0.3) is 0 Å². The Labute approximate surface area is 202 Å². The molecule has 0 bridgehead atoms. The molecule has 0 spiro atoms. The molecule has 0 saturated heterocycles. The average Bonchev–Trinajstić information content (AvgIpc) is 2.73. The molecule has 0 rings (SSSR count). The number of ether oxygens (including phenoxy) is 6. The van der Waals surface area contributed by atoms with Gasteiger partial charge in [0.05, 0.1) is 6.61 Å². The molecule has 0 radical (unpaired) electrons. The molecule has 0 aromatic rings. The third kappa shape index (κ3) is 11.1. The van der Waals surface area contributed by atoms with Crippen LogP contribution in [0, 0.1) is 0 Å². The van der Waals surface area contributed by atoms with Crippen LogP contribution in [-0.4, -0.2) is 100 Å². The summed E-state index contributed by atoms with van der Waals surface area (Å²) in [5.74, 6) is -13.0. The van der Waals surface area contributed by atoms with E-state index >= 15 is 0 Å². The van der Waals surface area contributed by atoms with Gasteiger partial charge in [0.1, 0.15) is 12.7 Å². The Hall–Kier alpha value is -3.04. The number of halogens is 12. The van der Waals surface area contributed by atoms with Crippen LogP contribution in [0.15, 0.2) is 0 Å². The van der Waals surface area contributed by atoms with Gasteiger partial charge in [-0.3, -0.25) is 0 Å². The Bertz CT molecular complexity index is 833. The summed E-state index contributed by atoms with van der Waals surface area (Å²) >= 11 is 0. The lowest BCUT2D eigenvalue weighted by Crippen LogP contribution is -2.56. The molecule has 0 aromatic heterocycles. The van der Waals surface area contributed by atoms with E-state index < -0.39 is 86.2 Å². The number of hydrogen-bond acceptors (Lipinski definition) is 10. The smallest absolute Gasteiger partial charge is 0.456 e. The van der Waals surface area contributed by atoms with Crippen LogP contribution >= 0.6 is 0 Å². The van der Waals surface area contributed by atoms with E-state index in [9.17, 15) is 71.9 Å². The summed E-state index contributed by atoms with van der Waals surface area (Å²) < 4.78 is 176. The van der Waals surface area contributed by atoms with Crippen molar-refractivity contribution in [2.45, 2.75) is 49.1 Å². The van der Waals surface area contributed by atoms with Gasteiger partial charge in [0, 0.05) is 14.2 Å². The monoisotopic (exact) mass is 594 g/mol. The van der Waals surface area contributed by atoms with Crippen molar-refractivity contribution in [3.05, 3.63) is 0 Å². The molecule has 0 N–H and O–H groups in total. The lowest BCUT2D eigenvalue weighted by Gasteiger charge is -2.35. The zero-order valence-electron chi connectivity index (χ0n) is 18.3. The summed E-state index contributed by atoms with van der Waals surface area (Å²) in [6.07, 6.45) is -36.0. The number of hydrogen-bond donors (Lipinski definition) is 0. The first-order chi connectivity index (χ1) is 17.0. The summed E-state index contributed by atoms with van der Waals surface area (Å²) in [4.78, 5) is 44.9. The second-order valence-electron chi connectivity index (χ2n) is 6.50.